The first-order valence-corrected chi connectivity index (χ1v) is 7.96. The van der Waals surface area contributed by atoms with Gasteiger partial charge in [-0.2, -0.15) is 5.10 Å². The molecule has 0 aliphatic rings. The van der Waals surface area contributed by atoms with E-state index in [1.165, 1.54) is 11.9 Å². The molecule has 2 aromatic heterocycles. The Morgan fingerprint density at radius 3 is 2.79 bits per heavy atom. The summed E-state index contributed by atoms with van der Waals surface area (Å²) in [6, 6.07) is 5.79. The third-order valence-corrected chi connectivity index (χ3v) is 4.18. The van der Waals surface area contributed by atoms with Gasteiger partial charge < -0.3 is 5.32 Å². The van der Waals surface area contributed by atoms with Crippen LogP contribution in [0.3, 0.4) is 0 Å². The molecule has 124 valence electrons. The van der Waals surface area contributed by atoms with E-state index >= 15 is 0 Å². The lowest BCUT2D eigenvalue weighted by atomic mass is 10.0. The number of carbonyl (C=O) groups is 1. The number of amides is 1. The minimum absolute atomic E-state index is 0.0609. The van der Waals surface area contributed by atoms with Crippen LogP contribution in [0.25, 0.3) is 10.9 Å². The topological polar surface area (TPSA) is 72.7 Å². The van der Waals surface area contributed by atoms with Gasteiger partial charge in [0.1, 0.15) is 12.7 Å². The van der Waals surface area contributed by atoms with Crippen LogP contribution in [0.15, 0.2) is 30.9 Å². The van der Waals surface area contributed by atoms with E-state index in [2.05, 4.69) is 27.3 Å². The average Bonchev–Trinajstić information content (AvgIpc) is 3.03. The van der Waals surface area contributed by atoms with Gasteiger partial charge in [0.15, 0.2) is 0 Å². The molecule has 0 aliphatic carbocycles. The first-order chi connectivity index (χ1) is 11.5. The molecule has 2 heterocycles. The highest BCUT2D eigenvalue weighted by Gasteiger charge is 2.16. The number of aryl methyl sites for hydroxylation is 3. The van der Waals surface area contributed by atoms with E-state index in [0.717, 1.165) is 22.2 Å². The number of nitrogens with one attached hydrogen (secondary N) is 1. The zero-order chi connectivity index (χ0) is 17.3. The number of rotatable bonds is 4. The van der Waals surface area contributed by atoms with Crippen LogP contribution in [0.4, 0.5) is 0 Å². The van der Waals surface area contributed by atoms with Gasteiger partial charge in [0.25, 0.3) is 5.91 Å². The van der Waals surface area contributed by atoms with Gasteiger partial charge in [0, 0.05) is 17.1 Å². The van der Waals surface area contributed by atoms with E-state index in [9.17, 15) is 4.79 Å². The maximum Gasteiger partial charge on any atom is 0.252 e. The van der Waals surface area contributed by atoms with Crippen molar-refractivity contribution in [3.8, 4) is 0 Å². The van der Waals surface area contributed by atoms with Crippen molar-refractivity contribution < 1.29 is 4.79 Å². The number of benzene rings is 1. The van der Waals surface area contributed by atoms with Crippen molar-refractivity contribution in [2.75, 3.05) is 0 Å². The van der Waals surface area contributed by atoms with Crippen molar-refractivity contribution in [3.05, 3.63) is 53.2 Å². The molecule has 0 saturated carbocycles. The molecule has 0 saturated heterocycles. The first kappa shape index (κ1) is 16.1. The number of fused-ring (bicyclic) bond motifs is 1. The Bertz CT molecular complexity index is 886. The average molecular weight is 323 g/mol. The summed E-state index contributed by atoms with van der Waals surface area (Å²) in [5.41, 5.74) is 4.67. The van der Waals surface area contributed by atoms with Crippen molar-refractivity contribution >= 4 is 16.8 Å². The minimum Gasteiger partial charge on any atom is -0.348 e. The van der Waals surface area contributed by atoms with Crippen molar-refractivity contribution in [3.63, 3.8) is 0 Å². The molecule has 6 nitrogen and oxygen atoms in total. The quantitative estimate of drug-likeness (QED) is 0.801. The number of hydrogen-bond donors (Lipinski definition) is 1. The zero-order valence-electron chi connectivity index (χ0n) is 14.4. The van der Waals surface area contributed by atoms with E-state index in [0.29, 0.717) is 12.1 Å². The van der Waals surface area contributed by atoms with Crippen LogP contribution >= 0.6 is 0 Å². The maximum absolute atomic E-state index is 12.8. The van der Waals surface area contributed by atoms with Gasteiger partial charge in [-0.1, -0.05) is 12.1 Å². The summed E-state index contributed by atoms with van der Waals surface area (Å²) < 4.78 is 1.70. The summed E-state index contributed by atoms with van der Waals surface area (Å²) >= 11 is 0. The number of pyridine rings is 1. The van der Waals surface area contributed by atoms with E-state index < -0.39 is 0 Å². The fourth-order valence-corrected chi connectivity index (χ4v) is 2.80. The predicted octanol–water partition coefficient (Wildman–Crippen LogP) is 2.57. The number of carbonyl (C=O) groups excluding carboxylic acids is 1. The predicted molar refractivity (Wildman–Crippen MR) is 92.9 cm³/mol. The van der Waals surface area contributed by atoms with Crippen LogP contribution in [0, 0.1) is 20.8 Å². The van der Waals surface area contributed by atoms with E-state index in [1.54, 1.807) is 11.0 Å². The lowest BCUT2D eigenvalue weighted by Crippen LogP contribution is -2.36. The summed E-state index contributed by atoms with van der Waals surface area (Å²) in [5, 5.41) is 7.98. The molecule has 0 fully saturated rings. The summed E-state index contributed by atoms with van der Waals surface area (Å²) in [6.07, 6.45) is 3.13. The lowest BCUT2D eigenvalue weighted by molar-refractivity contribution is 0.0937. The van der Waals surface area contributed by atoms with Gasteiger partial charge >= 0.3 is 0 Å². The number of nitrogens with zero attached hydrogens (tertiary/aromatic N) is 4. The Labute approximate surface area is 140 Å². The highest BCUT2D eigenvalue weighted by Crippen LogP contribution is 2.24. The molecule has 3 aromatic rings. The monoisotopic (exact) mass is 323 g/mol. The second kappa shape index (κ2) is 6.39. The third kappa shape index (κ3) is 3.13. The van der Waals surface area contributed by atoms with Crippen molar-refractivity contribution in [2.24, 2.45) is 0 Å². The van der Waals surface area contributed by atoms with Gasteiger partial charge in [-0.3, -0.25) is 14.5 Å². The molecule has 1 atom stereocenters. The normalized spacial score (nSPS) is 12.3. The molecule has 0 aliphatic heterocycles. The van der Waals surface area contributed by atoms with Crippen LogP contribution in [0.1, 0.15) is 34.1 Å². The summed E-state index contributed by atoms with van der Waals surface area (Å²) in [5.74, 6) is -0.0960. The zero-order valence-corrected chi connectivity index (χ0v) is 14.4. The van der Waals surface area contributed by atoms with E-state index in [4.69, 9.17) is 0 Å². The molecule has 6 heteroatoms. The Hall–Kier alpha value is -2.76. The molecule has 0 unspecified atom stereocenters. The lowest BCUT2D eigenvalue weighted by Gasteiger charge is -2.16. The van der Waals surface area contributed by atoms with Gasteiger partial charge in [-0.05, 0) is 44.9 Å². The Morgan fingerprint density at radius 1 is 1.29 bits per heavy atom. The van der Waals surface area contributed by atoms with Crippen LogP contribution < -0.4 is 5.32 Å². The fraction of sp³-hybridized carbons (Fsp3) is 0.333. The highest BCUT2D eigenvalue weighted by atomic mass is 16.1. The summed E-state index contributed by atoms with van der Waals surface area (Å²) in [7, 11) is 0. The van der Waals surface area contributed by atoms with Gasteiger partial charge in [0.2, 0.25) is 0 Å². The van der Waals surface area contributed by atoms with Crippen LogP contribution in [-0.4, -0.2) is 31.7 Å². The molecule has 0 spiro atoms. The van der Waals surface area contributed by atoms with Crippen LogP contribution in [-0.2, 0) is 6.54 Å². The van der Waals surface area contributed by atoms with Crippen molar-refractivity contribution in [1.82, 2.24) is 25.1 Å². The molecule has 0 radical (unpaired) electrons. The van der Waals surface area contributed by atoms with Crippen molar-refractivity contribution in [1.29, 1.82) is 0 Å². The number of aromatic nitrogens is 4. The SMILES string of the molecule is Cc1cc(C(=O)N[C@H](C)Cn2cncn2)c2ccc(C)c(C)c2n1. The fourth-order valence-electron chi connectivity index (χ4n) is 2.80. The molecule has 1 amide bonds. The largest absolute Gasteiger partial charge is 0.348 e. The van der Waals surface area contributed by atoms with Crippen LogP contribution in [0.5, 0.6) is 0 Å². The van der Waals surface area contributed by atoms with Crippen LogP contribution in [0.2, 0.25) is 0 Å². The highest BCUT2D eigenvalue weighted by molar-refractivity contribution is 6.07. The van der Waals surface area contributed by atoms with Gasteiger partial charge in [-0.15, -0.1) is 0 Å². The molecule has 1 N–H and O–H groups in total. The maximum atomic E-state index is 12.8. The second-order valence-electron chi connectivity index (χ2n) is 6.21. The number of hydrogen-bond acceptors (Lipinski definition) is 4. The molecule has 0 bridgehead atoms. The molecular weight excluding hydrogens is 302 g/mol. The molecule has 1 aromatic carbocycles. The Balaban J connectivity index is 1.90. The standard InChI is InChI=1S/C18H21N5O/c1-11-5-6-15-16(7-12(2)21-17(15)14(11)4)18(24)22-13(3)8-23-10-19-9-20-23/h5-7,9-10,13H,8H2,1-4H3,(H,22,24)/t13-/m1/s1. The van der Waals surface area contributed by atoms with E-state index in [1.807, 2.05) is 39.0 Å². The molecule has 3 rings (SSSR count). The first-order valence-electron chi connectivity index (χ1n) is 7.96. The molecular formula is C18H21N5O. The van der Waals surface area contributed by atoms with Gasteiger partial charge in [-0.25, -0.2) is 4.98 Å². The minimum atomic E-state index is -0.0960. The summed E-state index contributed by atoms with van der Waals surface area (Å²) in [6.45, 7) is 8.53. The smallest absolute Gasteiger partial charge is 0.252 e. The third-order valence-electron chi connectivity index (χ3n) is 4.18. The Morgan fingerprint density at radius 2 is 2.08 bits per heavy atom. The second-order valence-corrected chi connectivity index (χ2v) is 6.21. The van der Waals surface area contributed by atoms with Gasteiger partial charge in [0.05, 0.1) is 17.6 Å². The van der Waals surface area contributed by atoms with E-state index in [-0.39, 0.29) is 11.9 Å². The molecule has 24 heavy (non-hydrogen) atoms. The Kier molecular flexibility index (Phi) is 4.29. The van der Waals surface area contributed by atoms with Crippen molar-refractivity contribution in [2.45, 2.75) is 40.3 Å². The summed E-state index contributed by atoms with van der Waals surface area (Å²) in [4.78, 5) is 21.3.